The minimum absolute atomic E-state index is 0.239. The summed E-state index contributed by atoms with van der Waals surface area (Å²) < 4.78 is 5.36. The zero-order valence-corrected chi connectivity index (χ0v) is 17.6. The number of hydrogen-bond donors (Lipinski definition) is 0. The fraction of sp³-hybridized carbons (Fsp3) is 0.429. The molecule has 1 unspecified atom stereocenters. The number of allylic oxidation sites excluding steroid dienone is 2. The first-order chi connectivity index (χ1) is 13.1. The van der Waals surface area contributed by atoms with Crippen LogP contribution in [0.5, 0.6) is 0 Å². The molecule has 2 heterocycles. The first kappa shape index (κ1) is 20.0. The van der Waals surface area contributed by atoms with Gasteiger partial charge in [0.05, 0.1) is 23.9 Å². The molecule has 3 rings (SSSR count). The van der Waals surface area contributed by atoms with Crippen molar-refractivity contribution in [3.05, 3.63) is 57.2 Å². The molecule has 1 aromatic rings. The topological polar surface area (TPSA) is 41.9 Å². The molecule has 0 fully saturated rings. The van der Waals surface area contributed by atoms with Crippen molar-refractivity contribution >= 4 is 34.5 Å². The van der Waals surface area contributed by atoms with Gasteiger partial charge in [0.1, 0.15) is 0 Å². The highest BCUT2D eigenvalue weighted by molar-refractivity contribution is 8.16. The van der Waals surface area contributed by atoms with Crippen molar-refractivity contribution in [2.24, 2.45) is 4.99 Å². The number of aliphatic imine (C=N–C) groups is 1. The van der Waals surface area contributed by atoms with Gasteiger partial charge in [0, 0.05) is 10.7 Å². The number of nitrogens with zero attached hydrogens (tertiary/aromatic N) is 2. The van der Waals surface area contributed by atoms with E-state index >= 15 is 0 Å². The summed E-state index contributed by atoms with van der Waals surface area (Å²) in [6, 6.07) is 7.45. The van der Waals surface area contributed by atoms with Crippen LogP contribution in [0.15, 0.2) is 51.6 Å². The van der Waals surface area contributed by atoms with E-state index in [1.165, 1.54) is 18.5 Å². The van der Waals surface area contributed by atoms with Gasteiger partial charge in [-0.15, -0.1) is 0 Å². The molecule has 6 heteroatoms. The van der Waals surface area contributed by atoms with Gasteiger partial charge in [-0.05, 0) is 49.8 Å². The van der Waals surface area contributed by atoms with Crippen molar-refractivity contribution in [2.45, 2.75) is 52.5 Å². The van der Waals surface area contributed by atoms with Crippen molar-refractivity contribution < 1.29 is 9.53 Å². The number of esters is 1. The molecule has 0 amide bonds. The zero-order chi connectivity index (χ0) is 19.4. The minimum atomic E-state index is -0.303. The fourth-order valence-corrected chi connectivity index (χ4v) is 4.53. The number of carbonyl (C=O) groups excluding carboxylic acids is 1. The van der Waals surface area contributed by atoms with Gasteiger partial charge in [0.25, 0.3) is 0 Å². The van der Waals surface area contributed by atoms with Crippen LogP contribution in [0.2, 0.25) is 5.02 Å². The Morgan fingerprint density at radius 2 is 2.00 bits per heavy atom. The highest BCUT2D eigenvalue weighted by Crippen LogP contribution is 2.45. The standard InChI is InChI=1S/C21H25ClN2O2S/c1-4-6-7-8-17-13-27-21-23-14(3)18(20(25)26-5-2)19(24(17)21)15-9-11-16(22)12-10-15/h9-13,19H,4-8H2,1-3H3. The van der Waals surface area contributed by atoms with E-state index < -0.39 is 0 Å². The van der Waals surface area contributed by atoms with Gasteiger partial charge in [0.2, 0.25) is 0 Å². The Labute approximate surface area is 170 Å². The van der Waals surface area contributed by atoms with Gasteiger partial charge < -0.3 is 9.64 Å². The molecule has 0 radical (unpaired) electrons. The van der Waals surface area contributed by atoms with E-state index in [9.17, 15) is 4.79 Å². The molecule has 2 aliphatic rings. The van der Waals surface area contributed by atoms with Crippen LogP contribution in [-0.2, 0) is 9.53 Å². The molecule has 0 N–H and O–H groups in total. The maximum absolute atomic E-state index is 12.8. The van der Waals surface area contributed by atoms with E-state index in [0.29, 0.717) is 17.2 Å². The molecular formula is C21H25ClN2O2S. The molecule has 0 spiro atoms. The summed E-state index contributed by atoms with van der Waals surface area (Å²) in [5, 5.41) is 3.77. The van der Waals surface area contributed by atoms with Crippen molar-refractivity contribution in [1.29, 1.82) is 0 Å². The summed E-state index contributed by atoms with van der Waals surface area (Å²) in [6.07, 6.45) is 4.46. The van der Waals surface area contributed by atoms with Gasteiger partial charge in [0.15, 0.2) is 5.17 Å². The normalized spacial score (nSPS) is 19.0. The highest BCUT2D eigenvalue weighted by atomic mass is 35.5. The van der Waals surface area contributed by atoms with Crippen molar-refractivity contribution in [3.63, 3.8) is 0 Å². The predicted molar refractivity (Wildman–Crippen MR) is 113 cm³/mol. The second-order valence-electron chi connectivity index (χ2n) is 6.62. The third-order valence-electron chi connectivity index (χ3n) is 4.72. The summed E-state index contributed by atoms with van der Waals surface area (Å²) in [5.74, 6) is -0.303. The molecule has 4 nitrogen and oxygen atoms in total. The summed E-state index contributed by atoms with van der Waals surface area (Å²) in [4.78, 5) is 19.7. The summed E-state index contributed by atoms with van der Waals surface area (Å²) in [5.41, 5.74) is 3.54. The monoisotopic (exact) mass is 404 g/mol. The second kappa shape index (κ2) is 8.98. The van der Waals surface area contributed by atoms with E-state index in [1.807, 2.05) is 38.1 Å². The number of unbranched alkanes of at least 4 members (excludes halogenated alkanes) is 2. The van der Waals surface area contributed by atoms with E-state index in [2.05, 4.69) is 17.2 Å². The molecule has 0 aliphatic carbocycles. The summed E-state index contributed by atoms with van der Waals surface area (Å²) >= 11 is 7.72. The number of hydrogen-bond acceptors (Lipinski definition) is 5. The third-order valence-corrected chi connectivity index (χ3v) is 5.86. The van der Waals surface area contributed by atoms with E-state index in [-0.39, 0.29) is 12.0 Å². The lowest BCUT2D eigenvalue weighted by molar-refractivity contribution is -0.139. The molecule has 0 aromatic heterocycles. The van der Waals surface area contributed by atoms with Crippen LogP contribution in [0.4, 0.5) is 0 Å². The van der Waals surface area contributed by atoms with Crippen LogP contribution in [0.1, 0.15) is 58.1 Å². The number of fused-ring (bicyclic) bond motifs is 1. The number of benzene rings is 1. The van der Waals surface area contributed by atoms with Crippen LogP contribution in [0, 0.1) is 0 Å². The number of carbonyl (C=O) groups is 1. The summed E-state index contributed by atoms with van der Waals surface area (Å²) in [7, 11) is 0. The molecular weight excluding hydrogens is 380 g/mol. The van der Waals surface area contributed by atoms with Crippen LogP contribution in [0.25, 0.3) is 0 Å². The first-order valence-electron chi connectivity index (χ1n) is 9.43. The fourth-order valence-electron chi connectivity index (χ4n) is 3.41. The van der Waals surface area contributed by atoms with E-state index in [4.69, 9.17) is 21.3 Å². The number of ether oxygens (including phenoxy) is 1. The number of halogens is 1. The smallest absolute Gasteiger partial charge is 0.338 e. The van der Waals surface area contributed by atoms with Crippen LogP contribution in [0.3, 0.4) is 0 Å². The summed E-state index contributed by atoms with van der Waals surface area (Å²) in [6.45, 7) is 6.25. The largest absolute Gasteiger partial charge is 0.463 e. The number of thioether (sulfide) groups is 1. The zero-order valence-electron chi connectivity index (χ0n) is 16.0. The Bertz CT molecular complexity index is 799. The van der Waals surface area contributed by atoms with Gasteiger partial charge in [-0.3, -0.25) is 0 Å². The van der Waals surface area contributed by atoms with E-state index in [1.54, 1.807) is 11.8 Å². The van der Waals surface area contributed by atoms with Crippen LogP contribution >= 0.6 is 23.4 Å². The highest BCUT2D eigenvalue weighted by Gasteiger charge is 2.40. The second-order valence-corrected chi connectivity index (χ2v) is 7.90. The number of rotatable bonds is 7. The molecule has 27 heavy (non-hydrogen) atoms. The molecule has 2 aliphatic heterocycles. The number of amidine groups is 1. The van der Waals surface area contributed by atoms with Gasteiger partial charge in [-0.25, -0.2) is 9.79 Å². The average Bonchev–Trinajstić information content (AvgIpc) is 3.04. The van der Waals surface area contributed by atoms with Crippen molar-refractivity contribution in [1.82, 2.24) is 4.90 Å². The van der Waals surface area contributed by atoms with Gasteiger partial charge in [-0.1, -0.05) is 55.3 Å². The van der Waals surface area contributed by atoms with Crippen molar-refractivity contribution in [2.75, 3.05) is 6.61 Å². The molecule has 0 bridgehead atoms. The predicted octanol–water partition coefficient (Wildman–Crippen LogP) is 6.06. The molecule has 0 saturated heterocycles. The SMILES string of the molecule is CCCCCC1=CSC2=NC(C)=C(C(=O)OCC)C(c3ccc(Cl)cc3)N12. The lowest BCUT2D eigenvalue weighted by Gasteiger charge is -2.36. The van der Waals surface area contributed by atoms with Gasteiger partial charge in [-0.2, -0.15) is 0 Å². The molecule has 1 aromatic carbocycles. The average molecular weight is 405 g/mol. The Balaban J connectivity index is 2.02. The van der Waals surface area contributed by atoms with Gasteiger partial charge >= 0.3 is 5.97 Å². The minimum Gasteiger partial charge on any atom is -0.463 e. The molecule has 144 valence electrons. The maximum atomic E-state index is 12.8. The Morgan fingerprint density at radius 3 is 2.67 bits per heavy atom. The lowest BCUT2D eigenvalue weighted by atomic mass is 9.93. The molecule has 1 atom stereocenters. The van der Waals surface area contributed by atoms with Crippen molar-refractivity contribution in [3.8, 4) is 0 Å². The van der Waals surface area contributed by atoms with Crippen LogP contribution < -0.4 is 0 Å². The quantitative estimate of drug-likeness (QED) is 0.409. The third kappa shape index (κ3) is 4.25. The maximum Gasteiger partial charge on any atom is 0.338 e. The van der Waals surface area contributed by atoms with Crippen LogP contribution in [-0.4, -0.2) is 22.6 Å². The lowest BCUT2D eigenvalue weighted by Crippen LogP contribution is -2.36. The van der Waals surface area contributed by atoms with E-state index in [0.717, 1.165) is 29.3 Å². The Hall–Kier alpha value is -1.72. The molecule has 0 saturated carbocycles. The first-order valence-corrected chi connectivity index (χ1v) is 10.7. The Morgan fingerprint density at radius 1 is 1.26 bits per heavy atom. The Kier molecular flexibility index (Phi) is 6.66.